The van der Waals surface area contributed by atoms with Gasteiger partial charge in [0.2, 0.25) is 0 Å². The number of ether oxygens (including phenoxy) is 2. The van der Waals surface area contributed by atoms with Crippen LogP contribution in [0.4, 0.5) is 0 Å². The third-order valence-electron chi connectivity index (χ3n) is 4.13. The zero-order valence-corrected chi connectivity index (χ0v) is 17.9. The summed E-state index contributed by atoms with van der Waals surface area (Å²) < 4.78 is 11.7. The second-order valence-electron chi connectivity index (χ2n) is 6.35. The smallest absolute Gasteiger partial charge is 0.180 e. The third-order valence-corrected chi connectivity index (χ3v) is 4.41. The molecule has 0 aromatic heterocycles. The summed E-state index contributed by atoms with van der Waals surface area (Å²) >= 11 is 6.49. The van der Waals surface area contributed by atoms with Gasteiger partial charge in [0, 0.05) is 6.54 Å². The third kappa shape index (κ3) is 8.42. The molecule has 0 saturated heterocycles. The summed E-state index contributed by atoms with van der Waals surface area (Å²) in [7, 11) is 0. The summed E-state index contributed by atoms with van der Waals surface area (Å²) in [5, 5.41) is 4.07. The van der Waals surface area contributed by atoms with Crippen LogP contribution in [0.15, 0.2) is 42.5 Å². The predicted octanol–water partition coefficient (Wildman–Crippen LogP) is 6.41. The molecule has 0 aliphatic heterocycles. The lowest BCUT2D eigenvalue weighted by atomic mass is 10.1. The summed E-state index contributed by atoms with van der Waals surface area (Å²) in [6.45, 7) is 7.04. The number of rotatable bonds is 12. The van der Waals surface area contributed by atoms with Gasteiger partial charge in [0.05, 0.1) is 11.6 Å². The van der Waals surface area contributed by atoms with Crippen molar-refractivity contribution in [2.75, 3.05) is 13.2 Å². The molecular formula is C22H31Cl2NO2. The average molecular weight is 412 g/mol. The molecule has 5 heteroatoms. The molecular weight excluding hydrogens is 381 g/mol. The molecule has 2 rings (SSSR count). The highest BCUT2D eigenvalue weighted by atomic mass is 35.5. The van der Waals surface area contributed by atoms with Crippen molar-refractivity contribution in [2.45, 2.75) is 52.7 Å². The molecule has 3 nitrogen and oxygen atoms in total. The largest absolute Gasteiger partial charge is 0.490 e. The molecule has 0 atom stereocenters. The highest BCUT2D eigenvalue weighted by Gasteiger charge is 2.13. The fraction of sp³-hybridized carbons (Fsp3) is 0.455. The molecule has 0 spiro atoms. The van der Waals surface area contributed by atoms with Gasteiger partial charge >= 0.3 is 0 Å². The van der Waals surface area contributed by atoms with Crippen molar-refractivity contribution >= 4 is 24.0 Å². The molecule has 0 bridgehead atoms. The summed E-state index contributed by atoms with van der Waals surface area (Å²) in [6, 6.07) is 14.0. The zero-order valence-electron chi connectivity index (χ0n) is 16.3. The molecule has 2 aromatic rings. The van der Waals surface area contributed by atoms with Crippen molar-refractivity contribution in [3.8, 4) is 11.5 Å². The lowest BCUT2D eigenvalue weighted by Gasteiger charge is -2.16. The molecule has 27 heavy (non-hydrogen) atoms. The molecule has 0 aliphatic rings. The van der Waals surface area contributed by atoms with E-state index in [1.54, 1.807) is 0 Å². The summed E-state index contributed by atoms with van der Waals surface area (Å²) in [5.41, 5.74) is 2.21. The zero-order chi connectivity index (χ0) is 18.6. The van der Waals surface area contributed by atoms with Crippen LogP contribution in [0.5, 0.6) is 11.5 Å². The maximum absolute atomic E-state index is 6.49. The van der Waals surface area contributed by atoms with E-state index in [4.69, 9.17) is 21.1 Å². The van der Waals surface area contributed by atoms with Crippen LogP contribution < -0.4 is 14.8 Å². The summed E-state index contributed by atoms with van der Waals surface area (Å²) in [5.74, 6) is 1.32. The number of halogens is 2. The number of hydrogen-bond acceptors (Lipinski definition) is 3. The van der Waals surface area contributed by atoms with Crippen molar-refractivity contribution < 1.29 is 9.47 Å². The van der Waals surface area contributed by atoms with E-state index >= 15 is 0 Å². The lowest BCUT2D eigenvalue weighted by molar-refractivity contribution is 0.269. The SMILES string of the molecule is CCCCCCNCc1cc(Cl)c(OCc2ccccc2)c(OCC)c1.Cl. The Bertz CT molecular complexity index is 650. The molecule has 0 amide bonds. The van der Waals surface area contributed by atoms with Gasteiger partial charge in [-0.3, -0.25) is 0 Å². The standard InChI is InChI=1S/C22H30ClNO2.ClH/c1-3-5-6-10-13-24-16-19-14-20(23)22(21(15-19)25-4-2)26-17-18-11-8-7-9-12-18;/h7-9,11-12,14-15,24H,3-6,10,13,16-17H2,1-2H3;1H. The second kappa shape index (κ2) is 13.7. The Morgan fingerprint density at radius 2 is 1.70 bits per heavy atom. The van der Waals surface area contributed by atoms with E-state index in [9.17, 15) is 0 Å². The molecule has 1 N–H and O–H groups in total. The predicted molar refractivity (Wildman–Crippen MR) is 116 cm³/mol. The summed E-state index contributed by atoms with van der Waals surface area (Å²) in [6.07, 6.45) is 5.05. The van der Waals surface area contributed by atoms with Crippen molar-refractivity contribution in [1.29, 1.82) is 0 Å². The Morgan fingerprint density at radius 3 is 2.41 bits per heavy atom. The van der Waals surface area contributed by atoms with E-state index in [1.807, 2.05) is 49.4 Å². The molecule has 0 aliphatic carbocycles. The van der Waals surface area contributed by atoms with Crippen molar-refractivity contribution in [2.24, 2.45) is 0 Å². The molecule has 0 heterocycles. The minimum absolute atomic E-state index is 0. The number of hydrogen-bond donors (Lipinski definition) is 1. The Kier molecular flexibility index (Phi) is 12.0. The minimum Gasteiger partial charge on any atom is -0.490 e. The van der Waals surface area contributed by atoms with Crippen molar-refractivity contribution in [3.63, 3.8) is 0 Å². The van der Waals surface area contributed by atoms with Crippen LogP contribution in [-0.4, -0.2) is 13.2 Å². The van der Waals surface area contributed by atoms with E-state index < -0.39 is 0 Å². The Morgan fingerprint density at radius 1 is 0.926 bits per heavy atom. The van der Waals surface area contributed by atoms with Crippen LogP contribution in [0, 0.1) is 0 Å². The minimum atomic E-state index is 0. The number of nitrogens with one attached hydrogen (secondary N) is 1. The number of benzene rings is 2. The van der Waals surface area contributed by atoms with E-state index in [0.717, 1.165) is 24.2 Å². The highest BCUT2D eigenvalue weighted by Crippen LogP contribution is 2.37. The van der Waals surface area contributed by atoms with Gasteiger partial charge in [-0.2, -0.15) is 0 Å². The van der Waals surface area contributed by atoms with Gasteiger partial charge in [-0.1, -0.05) is 68.1 Å². The van der Waals surface area contributed by atoms with E-state index in [2.05, 4.69) is 12.2 Å². The van der Waals surface area contributed by atoms with Gasteiger partial charge < -0.3 is 14.8 Å². The fourth-order valence-corrected chi connectivity index (χ4v) is 3.05. The topological polar surface area (TPSA) is 30.5 Å². The first kappa shape index (κ1) is 23.6. The fourth-order valence-electron chi connectivity index (χ4n) is 2.77. The van der Waals surface area contributed by atoms with Gasteiger partial charge in [0.25, 0.3) is 0 Å². The average Bonchev–Trinajstić information content (AvgIpc) is 2.65. The summed E-state index contributed by atoms with van der Waals surface area (Å²) in [4.78, 5) is 0. The van der Waals surface area contributed by atoms with Crippen molar-refractivity contribution in [3.05, 3.63) is 58.6 Å². The van der Waals surface area contributed by atoms with Crippen molar-refractivity contribution in [1.82, 2.24) is 5.32 Å². The van der Waals surface area contributed by atoms with E-state index in [0.29, 0.717) is 29.7 Å². The van der Waals surface area contributed by atoms with E-state index in [-0.39, 0.29) is 12.4 Å². The van der Waals surface area contributed by atoms with Crippen LogP contribution in [0.1, 0.15) is 50.7 Å². The lowest BCUT2D eigenvalue weighted by Crippen LogP contribution is -2.15. The quantitative estimate of drug-likeness (QED) is 0.409. The first-order valence-electron chi connectivity index (χ1n) is 9.57. The van der Waals surface area contributed by atoms with Crippen LogP contribution in [0.3, 0.4) is 0 Å². The maximum atomic E-state index is 6.49. The maximum Gasteiger partial charge on any atom is 0.180 e. The molecule has 0 radical (unpaired) electrons. The first-order valence-corrected chi connectivity index (χ1v) is 9.95. The monoisotopic (exact) mass is 411 g/mol. The first-order chi connectivity index (χ1) is 12.7. The van der Waals surface area contributed by atoms with E-state index in [1.165, 1.54) is 25.7 Å². The number of unbranched alkanes of at least 4 members (excludes halogenated alkanes) is 3. The van der Waals surface area contributed by atoms with Crippen LogP contribution in [0.2, 0.25) is 5.02 Å². The van der Waals surface area contributed by atoms with Crippen LogP contribution >= 0.6 is 24.0 Å². The van der Waals surface area contributed by atoms with Crippen LogP contribution in [0.25, 0.3) is 0 Å². The Hall–Kier alpha value is -1.42. The van der Waals surface area contributed by atoms with Gasteiger partial charge in [0.15, 0.2) is 11.5 Å². The molecule has 2 aromatic carbocycles. The normalized spacial score (nSPS) is 10.3. The highest BCUT2D eigenvalue weighted by molar-refractivity contribution is 6.32. The van der Waals surface area contributed by atoms with Gasteiger partial charge in [-0.15, -0.1) is 12.4 Å². The molecule has 0 unspecified atom stereocenters. The second-order valence-corrected chi connectivity index (χ2v) is 6.76. The Labute approximate surface area is 174 Å². The van der Waals surface area contributed by atoms with Gasteiger partial charge in [-0.05, 0) is 43.1 Å². The molecule has 0 fully saturated rings. The van der Waals surface area contributed by atoms with Crippen LogP contribution in [-0.2, 0) is 13.2 Å². The molecule has 0 saturated carbocycles. The van der Waals surface area contributed by atoms with Gasteiger partial charge in [-0.25, -0.2) is 0 Å². The Balaban J connectivity index is 0.00000364. The van der Waals surface area contributed by atoms with Gasteiger partial charge in [0.1, 0.15) is 6.61 Å². The molecule has 150 valence electrons.